The van der Waals surface area contributed by atoms with Crippen molar-refractivity contribution in [1.29, 1.82) is 0 Å². The Balaban J connectivity index is 2.67. The van der Waals surface area contributed by atoms with Gasteiger partial charge in [-0.2, -0.15) is 0 Å². The molecule has 18 heavy (non-hydrogen) atoms. The second-order valence-corrected chi connectivity index (χ2v) is 6.20. The number of benzene rings is 1. The molecule has 0 bridgehead atoms. The van der Waals surface area contributed by atoms with Gasteiger partial charge in [0.15, 0.2) is 0 Å². The number of rotatable bonds is 6. The van der Waals surface area contributed by atoms with Gasteiger partial charge in [0.2, 0.25) is 10.0 Å². The number of nitrogens with one attached hydrogen (secondary N) is 1. The van der Waals surface area contributed by atoms with E-state index in [1.54, 1.807) is 12.1 Å². The van der Waals surface area contributed by atoms with Crippen molar-refractivity contribution in [3.05, 3.63) is 23.8 Å². The van der Waals surface area contributed by atoms with Crippen molar-refractivity contribution in [2.45, 2.75) is 26.9 Å². The number of hydrogen-bond donors (Lipinski definition) is 2. The fourth-order valence-electron chi connectivity index (χ4n) is 1.34. The Hall–Kier alpha value is -1.27. The average Bonchev–Trinajstić information content (AvgIpc) is 2.22. The number of aryl methyl sites for hydroxylation is 1. The highest BCUT2D eigenvalue weighted by molar-refractivity contribution is 7.92. The minimum atomic E-state index is -3.50. The largest absolute Gasteiger partial charge is 0.506 e. The molecule has 0 atom stereocenters. The third-order valence-electron chi connectivity index (χ3n) is 2.22. The first-order valence-corrected chi connectivity index (χ1v) is 7.37. The van der Waals surface area contributed by atoms with Crippen LogP contribution >= 0.6 is 0 Å². The maximum Gasteiger partial charge on any atom is 0.235 e. The molecule has 0 aliphatic rings. The summed E-state index contributed by atoms with van der Waals surface area (Å²) in [4.78, 5) is 0. The van der Waals surface area contributed by atoms with E-state index in [0.717, 1.165) is 5.56 Å². The van der Waals surface area contributed by atoms with Crippen LogP contribution in [-0.2, 0) is 14.8 Å². The molecule has 102 valence electrons. The van der Waals surface area contributed by atoms with Crippen LogP contribution < -0.4 is 4.72 Å². The van der Waals surface area contributed by atoms with E-state index in [0.29, 0.717) is 0 Å². The monoisotopic (exact) mass is 273 g/mol. The highest BCUT2D eigenvalue weighted by Gasteiger charge is 2.13. The highest BCUT2D eigenvalue weighted by atomic mass is 32.2. The summed E-state index contributed by atoms with van der Waals surface area (Å²) in [5, 5.41) is 9.55. The summed E-state index contributed by atoms with van der Waals surface area (Å²) < 4.78 is 31.0. The van der Waals surface area contributed by atoms with Gasteiger partial charge in [-0.3, -0.25) is 4.72 Å². The molecule has 0 radical (unpaired) electrons. The topological polar surface area (TPSA) is 75.6 Å². The number of phenolic OH excluding ortho intramolecular Hbond substituents is 1. The van der Waals surface area contributed by atoms with Crippen LogP contribution in [0.3, 0.4) is 0 Å². The molecule has 0 saturated heterocycles. The Labute approximate surface area is 108 Å². The molecule has 0 aliphatic heterocycles. The van der Waals surface area contributed by atoms with Crippen molar-refractivity contribution in [2.75, 3.05) is 17.1 Å². The smallest absolute Gasteiger partial charge is 0.235 e. The maximum atomic E-state index is 11.7. The van der Waals surface area contributed by atoms with Crippen LogP contribution in [-0.4, -0.2) is 32.0 Å². The van der Waals surface area contributed by atoms with E-state index in [1.807, 2.05) is 20.8 Å². The summed E-state index contributed by atoms with van der Waals surface area (Å²) in [5.41, 5.74) is 1.06. The van der Waals surface area contributed by atoms with Gasteiger partial charge in [0.1, 0.15) is 5.75 Å². The Kier molecular flexibility index (Phi) is 4.98. The first kappa shape index (κ1) is 14.8. The zero-order valence-corrected chi connectivity index (χ0v) is 11.6. The SMILES string of the molecule is Cc1ccc(O)c(NS(=O)(=O)CCOC(C)C)c1. The van der Waals surface area contributed by atoms with E-state index in [9.17, 15) is 13.5 Å². The fourth-order valence-corrected chi connectivity index (χ4v) is 2.26. The second-order valence-electron chi connectivity index (χ2n) is 4.36. The lowest BCUT2D eigenvalue weighted by atomic mass is 10.2. The summed E-state index contributed by atoms with van der Waals surface area (Å²) in [6, 6.07) is 4.74. The predicted octanol–water partition coefficient (Wildman–Crippen LogP) is 1.87. The number of aromatic hydroxyl groups is 1. The lowest BCUT2D eigenvalue weighted by molar-refractivity contribution is 0.0913. The zero-order valence-electron chi connectivity index (χ0n) is 10.8. The summed E-state index contributed by atoms with van der Waals surface area (Å²) in [6.07, 6.45) is -0.00688. The first-order chi connectivity index (χ1) is 8.30. The third kappa shape index (κ3) is 4.93. The van der Waals surface area contributed by atoms with Gasteiger partial charge in [0.25, 0.3) is 0 Å². The Morgan fingerprint density at radius 3 is 2.67 bits per heavy atom. The molecule has 1 aromatic carbocycles. The van der Waals surface area contributed by atoms with E-state index in [4.69, 9.17) is 4.74 Å². The first-order valence-electron chi connectivity index (χ1n) is 5.72. The summed E-state index contributed by atoms with van der Waals surface area (Å²) in [6.45, 7) is 5.62. The molecule has 0 spiro atoms. The molecular formula is C12H19NO4S. The van der Waals surface area contributed by atoms with Crippen molar-refractivity contribution in [3.8, 4) is 5.75 Å². The molecule has 0 saturated carbocycles. The van der Waals surface area contributed by atoms with E-state index in [1.165, 1.54) is 6.07 Å². The van der Waals surface area contributed by atoms with Gasteiger partial charge in [-0.15, -0.1) is 0 Å². The number of anilines is 1. The second kappa shape index (κ2) is 6.06. The predicted molar refractivity (Wildman–Crippen MR) is 71.3 cm³/mol. The minimum absolute atomic E-state index is 0.00688. The van der Waals surface area contributed by atoms with Crippen LogP contribution in [0.15, 0.2) is 18.2 Å². The summed E-state index contributed by atoms with van der Waals surface area (Å²) in [5.74, 6) is -0.229. The van der Waals surface area contributed by atoms with Crippen molar-refractivity contribution >= 4 is 15.7 Å². The van der Waals surface area contributed by atoms with Gasteiger partial charge in [-0.25, -0.2) is 8.42 Å². The molecule has 0 aliphatic carbocycles. The van der Waals surface area contributed by atoms with Gasteiger partial charge in [0, 0.05) is 0 Å². The van der Waals surface area contributed by atoms with Gasteiger partial charge >= 0.3 is 0 Å². The molecule has 1 aromatic rings. The Morgan fingerprint density at radius 1 is 1.39 bits per heavy atom. The Morgan fingerprint density at radius 2 is 2.06 bits per heavy atom. The standard InChI is InChI=1S/C12H19NO4S/c1-9(2)17-6-7-18(15,16)13-11-8-10(3)4-5-12(11)14/h4-5,8-9,13-14H,6-7H2,1-3H3. The number of sulfonamides is 1. The summed E-state index contributed by atoms with van der Waals surface area (Å²) >= 11 is 0. The number of hydrogen-bond acceptors (Lipinski definition) is 4. The van der Waals surface area contributed by atoms with Gasteiger partial charge in [0.05, 0.1) is 24.2 Å². The fraction of sp³-hybridized carbons (Fsp3) is 0.500. The quantitative estimate of drug-likeness (QED) is 0.776. The number of phenols is 1. The van der Waals surface area contributed by atoms with Crippen LogP contribution in [0.5, 0.6) is 5.75 Å². The lowest BCUT2D eigenvalue weighted by Crippen LogP contribution is -2.21. The normalized spacial score (nSPS) is 11.8. The molecular weight excluding hydrogens is 254 g/mol. The van der Waals surface area contributed by atoms with E-state index < -0.39 is 10.0 Å². The van der Waals surface area contributed by atoms with Crippen LogP contribution in [0.2, 0.25) is 0 Å². The van der Waals surface area contributed by atoms with Crippen molar-refractivity contribution in [1.82, 2.24) is 0 Å². The minimum Gasteiger partial charge on any atom is -0.506 e. The van der Waals surface area contributed by atoms with Crippen molar-refractivity contribution < 1.29 is 18.3 Å². The molecule has 0 amide bonds. The molecule has 6 heteroatoms. The van der Waals surface area contributed by atoms with Gasteiger partial charge in [-0.1, -0.05) is 6.07 Å². The van der Waals surface area contributed by atoms with Crippen LogP contribution in [0, 0.1) is 6.92 Å². The molecule has 0 unspecified atom stereocenters. The van der Waals surface area contributed by atoms with Gasteiger partial charge < -0.3 is 9.84 Å². The van der Waals surface area contributed by atoms with Crippen molar-refractivity contribution in [3.63, 3.8) is 0 Å². The van der Waals surface area contributed by atoms with E-state index in [-0.39, 0.29) is 29.9 Å². The molecule has 5 nitrogen and oxygen atoms in total. The molecule has 0 aromatic heterocycles. The van der Waals surface area contributed by atoms with E-state index in [2.05, 4.69) is 4.72 Å². The maximum absolute atomic E-state index is 11.7. The summed E-state index contributed by atoms with van der Waals surface area (Å²) in [7, 11) is -3.50. The number of ether oxygens (including phenoxy) is 1. The molecule has 0 fully saturated rings. The van der Waals surface area contributed by atoms with Crippen LogP contribution in [0.4, 0.5) is 5.69 Å². The van der Waals surface area contributed by atoms with Crippen LogP contribution in [0.1, 0.15) is 19.4 Å². The van der Waals surface area contributed by atoms with Crippen molar-refractivity contribution in [2.24, 2.45) is 0 Å². The molecule has 1 rings (SSSR count). The van der Waals surface area contributed by atoms with E-state index >= 15 is 0 Å². The molecule has 2 N–H and O–H groups in total. The zero-order chi connectivity index (χ0) is 13.8. The molecule has 0 heterocycles. The lowest BCUT2D eigenvalue weighted by Gasteiger charge is -2.11. The highest BCUT2D eigenvalue weighted by Crippen LogP contribution is 2.24. The van der Waals surface area contributed by atoms with Crippen LogP contribution in [0.25, 0.3) is 0 Å². The average molecular weight is 273 g/mol. The third-order valence-corrected chi connectivity index (χ3v) is 3.46. The Bertz CT molecular complexity index is 497. The van der Waals surface area contributed by atoms with Gasteiger partial charge in [-0.05, 0) is 38.5 Å².